The van der Waals surface area contributed by atoms with Crippen LogP contribution in [-0.4, -0.2) is 44.5 Å². The summed E-state index contributed by atoms with van der Waals surface area (Å²) in [6.45, 7) is 5.67. The molecule has 98 valence electrons. The molecule has 1 amide bonds. The molecule has 5 nitrogen and oxygen atoms in total. The van der Waals surface area contributed by atoms with Gasteiger partial charge in [-0.15, -0.1) is 6.58 Å². The lowest BCUT2D eigenvalue weighted by Gasteiger charge is -2.26. The number of hydrogen-bond donors (Lipinski definition) is 2. The van der Waals surface area contributed by atoms with Crippen molar-refractivity contribution < 1.29 is 13.2 Å². The zero-order valence-electron chi connectivity index (χ0n) is 10.1. The zero-order chi connectivity index (χ0) is 12.9. The van der Waals surface area contributed by atoms with Crippen molar-refractivity contribution >= 4 is 15.7 Å². The van der Waals surface area contributed by atoms with Crippen molar-refractivity contribution in [1.29, 1.82) is 0 Å². The largest absolute Gasteiger partial charge is 0.351 e. The highest BCUT2D eigenvalue weighted by Crippen LogP contribution is 2.12. The summed E-state index contributed by atoms with van der Waals surface area (Å²) in [7, 11) is -2.93. The van der Waals surface area contributed by atoms with Gasteiger partial charge in [0.05, 0.1) is 17.5 Å². The van der Waals surface area contributed by atoms with E-state index in [1.54, 1.807) is 13.0 Å². The Balaban J connectivity index is 2.42. The van der Waals surface area contributed by atoms with Gasteiger partial charge in [0.2, 0.25) is 5.91 Å². The van der Waals surface area contributed by atoms with E-state index in [2.05, 4.69) is 17.2 Å². The molecule has 1 heterocycles. The van der Waals surface area contributed by atoms with Crippen LogP contribution in [0.1, 0.15) is 19.8 Å². The van der Waals surface area contributed by atoms with Crippen molar-refractivity contribution in [3.8, 4) is 0 Å². The molecule has 1 aliphatic rings. The normalized spacial score (nSPS) is 24.9. The second-order valence-electron chi connectivity index (χ2n) is 4.38. The van der Waals surface area contributed by atoms with E-state index in [4.69, 9.17) is 0 Å². The van der Waals surface area contributed by atoms with Gasteiger partial charge in [-0.3, -0.25) is 4.79 Å². The molecule has 0 aromatic carbocycles. The fourth-order valence-electron chi connectivity index (χ4n) is 1.91. The first kappa shape index (κ1) is 14.2. The van der Waals surface area contributed by atoms with E-state index in [-0.39, 0.29) is 29.5 Å². The third kappa shape index (κ3) is 4.87. The van der Waals surface area contributed by atoms with Crippen molar-refractivity contribution in [2.24, 2.45) is 0 Å². The molecule has 2 unspecified atom stereocenters. The minimum atomic E-state index is -2.93. The summed E-state index contributed by atoms with van der Waals surface area (Å²) in [5, 5.41) is 5.73. The SMILES string of the molecule is C=CCNC(=O)C(C)NC1CCCS(=O)(=O)C1. The lowest BCUT2D eigenvalue weighted by Crippen LogP contribution is -2.50. The summed E-state index contributed by atoms with van der Waals surface area (Å²) in [5.41, 5.74) is 0. The number of sulfone groups is 1. The molecule has 6 heteroatoms. The second kappa shape index (κ2) is 6.16. The van der Waals surface area contributed by atoms with Crippen LogP contribution in [0, 0.1) is 0 Å². The number of nitrogens with one attached hydrogen (secondary N) is 2. The Labute approximate surface area is 103 Å². The monoisotopic (exact) mass is 260 g/mol. The van der Waals surface area contributed by atoms with Gasteiger partial charge < -0.3 is 10.6 Å². The zero-order valence-corrected chi connectivity index (χ0v) is 10.9. The molecular weight excluding hydrogens is 240 g/mol. The lowest BCUT2D eigenvalue weighted by atomic mass is 10.1. The van der Waals surface area contributed by atoms with Crippen LogP contribution in [0.25, 0.3) is 0 Å². The van der Waals surface area contributed by atoms with E-state index >= 15 is 0 Å². The maximum atomic E-state index is 11.6. The van der Waals surface area contributed by atoms with Gasteiger partial charge in [-0.1, -0.05) is 6.08 Å². The maximum absolute atomic E-state index is 11.6. The maximum Gasteiger partial charge on any atom is 0.237 e. The summed E-state index contributed by atoms with van der Waals surface area (Å²) in [4.78, 5) is 11.6. The molecule has 2 N–H and O–H groups in total. The van der Waals surface area contributed by atoms with Crippen molar-refractivity contribution in [1.82, 2.24) is 10.6 Å². The third-order valence-corrected chi connectivity index (χ3v) is 4.58. The van der Waals surface area contributed by atoms with Crippen molar-refractivity contribution in [2.75, 3.05) is 18.1 Å². The Hall–Kier alpha value is -0.880. The minimum Gasteiger partial charge on any atom is -0.351 e. The molecule has 1 fully saturated rings. The van der Waals surface area contributed by atoms with Crippen LogP contribution >= 0.6 is 0 Å². The van der Waals surface area contributed by atoms with Crippen LogP contribution in [0.15, 0.2) is 12.7 Å². The fourth-order valence-corrected chi connectivity index (χ4v) is 3.56. The van der Waals surface area contributed by atoms with Gasteiger partial charge in [0, 0.05) is 12.6 Å². The minimum absolute atomic E-state index is 0.113. The van der Waals surface area contributed by atoms with E-state index in [9.17, 15) is 13.2 Å². The second-order valence-corrected chi connectivity index (χ2v) is 6.60. The first-order chi connectivity index (χ1) is 7.94. The molecule has 0 aromatic rings. The average Bonchev–Trinajstić information content (AvgIpc) is 2.24. The number of rotatable bonds is 5. The first-order valence-electron chi connectivity index (χ1n) is 5.79. The standard InChI is InChI=1S/C11H20N2O3S/c1-3-6-12-11(14)9(2)13-10-5-4-7-17(15,16)8-10/h3,9-10,13H,1,4-8H2,2H3,(H,12,14). The molecule has 0 saturated carbocycles. The highest BCUT2D eigenvalue weighted by Gasteiger charge is 2.26. The molecule has 0 bridgehead atoms. The molecule has 0 aromatic heterocycles. The number of amides is 1. The van der Waals surface area contributed by atoms with Gasteiger partial charge in [-0.25, -0.2) is 8.42 Å². The molecule has 1 aliphatic heterocycles. The Bertz CT molecular complexity index is 378. The molecule has 0 aliphatic carbocycles. The Morgan fingerprint density at radius 1 is 1.59 bits per heavy atom. The van der Waals surface area contributed by atoms with Crippen LogP contribution < -0.4 is 10.6 Å². The number of hydrogen-bond acceptors (Lipinski definition) is 4. The molecule has 2 atom stereocenters. The number of carbonyl (C=O) groups is 1. The highest BCUT2D eigenvalue weighted by molar-refractivity contribution is 7.91. The predicted molar refractivity (Wildman–Crippen MR) is 67.5 cm³/mol. The van der Waals surface area contributed by atoms with Crippen molar-refractivity contribution in [3.05, 3.63) is 12.7 Å². The van der Waals surface area contributed by atoms with Crippen LogP contribution in [-0.2, 0) is 14.6 Å². The molecule has 17 heavy (non-hydrogen) atoms. The molecule has 1 saturated heterocycles. The highest BCUT2D eigenvalue weighted by atomic mass is 32.2. The smallest absolute Gasteiger partial charge is 0.237 e. The first-order valence-corrected chi connectivity index (χ1v) is 7.62. The molecule has 0 spiro atoms. The van der Waals surface area contributed by atoms with E-state index in [0.717, 1.165) is 6.42 Å². The quantitative estimate of drug-likeness (QED) is 0.674. The van der Waals surface area contributed by atoms with Gasteiger partial charge in [0.1, 0.15) is 0 Å². The Kier molecular flexibility index (Phi) is 5.14. The molecule has 0 radical (unpaired) electrons. The van der Waals surface area contributed by atoms with Gasteiger partial charge in [-0.2, -0.15) is 0 Å². The van der Waals surface area contributed by atoms with Gasteiger partial charge in [0.25, 0.3) is 0 Å². The van der Waals surface area contributed by atoms with Crippen LogP contribution in [0.3, 0.4) is 0 Å². The third-order valence-electron chi connectivity index (χ3n) is 2.76. The van der Waals surface area contributed by atoms with E-state index < -0.39 is 9.84 Å². The van der Waals surface area contributed by atoms with Crippen LogP contribution in [0.4, 0.5) is 0 Å². The molecular formula is C11H20N2O3S. The van der Waals surface area contributed by atoms with Crippen LogP contribution in [0.2, 0.25) is 0 Å². The van der Waals surface area contributed by atoms with E-state index in [1.807, 2.05) is 0 Å². The van der Waals surface area contributed by atoms with Gasteiger partial charge in [0.15, 0.2) is 9.84 Å². The molecule has 1 rings (SSSR count). The van der Waals surface area contributed by atoms with E-state index in [0.29, 0.717) is 13.0 Å². The predicted octanol–water partition coefficient (Wildman–Crippen LogP) is -0.156. The summed E-state index contributed by atoms with van der Waals surface area (Å²) in [6, 6.07) is -0.494. The Morgan fingerprint density at radius 3 is 2.88 bits per heavy atom. The average molecular weight is 260 g/mol. The van der Waals surface area contributed by atoms with Crippen molar-refractivity contribution in [3.63, 3.8) is 0 Å². The lowest BCUT2D eigenvalue weighted by molar-refractivity contribution is -0.122. The van der Waals surface area contributed by atoms with E-state index in [1.165, 1.54) is 0 Å². The summed E-state index contributed by atoms with van der Waals surface area (Å²) in [5.74, 6) is 0.266. The van der Waals surface area contributed by atoms with Gasteiger partial charge >= 0.3 is 0 Å². The van der Waals surface area contributed by atoms with Gasteiger partial charge in [-0.05, 0) is 19.8 Å². The summed E-state index contributed by atoms with van der Waals surface area (Å²) >= 11 is 0. The summed E-state index contributed by atoms with van der Waals surface area (Å²) in [6.07, 6.45) is 3.08. The van der Waals surface area contributed by atoms with Crippen LogP contribution in [0.5, 0.6) is 0 Å². The topological polar surface area (TPSA) is 75.3 Å². The summed E-state index contributed by atoms with van der Waals surface area (Å²) < 4.78 is 22.9. The number of carbonyl (C=O) groups excluding carboxylic acids is 1. The fraction of sp³-hybridized carbons (Fsp3) is 0.727. The van der Waals surface area contributed by atoms with Crippen molar-refractivity contribution in [2.45, 2.75) is 31.8 Å². The Morgan fingerprint density at radius 2 is 2.29 bits per heavy atom.